The lowest BCUT2D eigenvalue weighted by Gasteiger charge is -2.29. The number of anilines is 1. The summed E-state index contributed by atoms with van der Waals surface area (Å²) in [5, 5.41) is 12.3. The number of carbonyl (C=O) groups is 2. The van der Waals surface area contributed by atoms with Crippen molar-refractivity contribution in [2.45, 2.75) is 38.6 Å². The summed E-state index contributed by atoms with van der Waals surface area (Å²) in [5.41, 5.74) is 1.04. The fourth-order valence-corrected chi connectivity index (χ4v) is 2.77. The van der Waals surface area contributed by atoms with Gasteiger partial charge in [-0.2, -0.15) is 0 Å². The Morgan fingerprint density at radius 2 is 2.19 bits per heavy atom. The first-order chi connectivity index (χ1) is 10.1. The van der Waals surface area contributed by atoms with Crippen molar-refractivity contribution in [3.05, 3.63) is 29.8 Å². The van der Waals surface area contributed by atoms with Gasteiger partial charge in [0, 0.05) is 11.7 Å². The SMILES string of the molecule is CCOC(=O)C1CCCC(Nc2cccc(C(=O)O)c2)C1. The summed E-state index contributed by atoms with van der Waals surface area (Å²) in [6.45, 7) is 2.22. The maximum Gasteiger partial charge on any atom is 0.335 e. The van der Waals surface area contributed by atoms with Gasteiger partial charge in [-0.15, -0.1) is 0 Å². The monoisotopic (exact) mass is 291 g/mol. The number of carbonyl (C=O) groups excluding carboxylic acids is 1. The van der Waals surface area contributed by atoms with Crippen molar-refractivity contribution >= 4 is 17.6 Å². The van der Waals surface area contributed by atoms with E-state index in [-0.39, 0.29) is 23.5 Å². The van der Waals surface area contributed by atoms with Crippen LogP contribution in [0, 0.1) is 5.92 Å². The minimum absolute atomic E-state index is 0.0566. The Labute approximate surface area is 124 Å². The van der Waals surface area contributed by atoms with Gasteiger partial charge in [-0.05, 0) is 44.4 Å². The number of benzene rings is 1. The Morgan fingerprint density at radius 1 is 1.38 bits per heavy atom. The van der Waals surface area contributed by atoms with Crippen molar-refractivity contribution in [1.82, 2.24) is 0 Å². The molecule has 2 unspecified atom stereocenters. The van der Waals surface area contributed by atoms with Crippen LogP contribution in [-0.4, -0.2) is 29.7 Å². The molecule has 0 aromatic heterocycles. The van der Waals surface area contributed by atoms with E-state index in [9.17, 15) is 9.59 Å². The minimum Gasteiger partial charge on any atom is -0.478 e. The molecule has 21 heavy (non-hydrogen) atoms. The van der Waals surface area contributed by atoms with Gasteiger partial charge in [0.25, 0.3) is 0 Å². The van der Waals surface area contributed by atoms with Crippen molar-refractivity contribution in [3.63, 3.8) is 0 Å². The van der Waals surface area contributed by atoms with Crippen LogP contribution in [-0.2, 0) is 9.53 Å². The van der Waals surface area contributed by atoms with Crippen LogP contribution < -0.4 is 5.32 Å². The summed E-state index contributed by atoms with van der Waals surface area (Å²) < 4.78 is 5.09. The molecule has 1 aliphatic carbocycles. The van der Waals surface area contributed by atoms with E-state index in [2.05, 4.69) is 5.32 Å². The molecule has 5 heteroatoms. The second-order valence-corrected chi connectivity index (χ2v) is 5.34. The average Bonchev–Trinajstić information content (AvgIpc) is 2.48. The molecule has 114 valence electrons. The van der Waals surface area contributed by atoms with Crippen molar-refractivity contribution in [3.8, 4) is 0 Å². The Hall–Kier alpha value is -2.04. The summed E-state index contributed by atoms with van der Waals surface area (Å²) in [5.74, 6) is -1.12. The zero-order chi connectivity index (χ0) is 15.2. The first kappa shape index (κ1) is 15.4. The van der Waals surface area contributed by atoms with Crippen molar-refractivity contribution in [2.75, 3.05) is 11.9 Å². The van der Waals surface area contributed by atoms with E-state index in [1.54, 1.807) is 18.2 Å². The second kappa shape index (κ2) is 7.11. The zero-order valence-corrected chi connectivity index (χ0v) is 12.2. The molecule has 0 saturated heterocycles. The molecule has 0 bridgehead atoms. The van der Waals surface area contributed by atoms with E-state index >= 15 is 0 Å². The molecule has 2 atom stereocenters. The Morgan fingerprint density at radius 3 is 2.90 bits per heavy atom. The quantitative estimate of drug-likeness (QED) is 0.816. The van der Waals surface area contributed by atoms with Gasteiger partial charge in [-0.25, -0.2) is 4.79 Å². The normalized spacial score (nSPS) is 21.6. The Balaban J connectivity index is 1.97. The first-order valence-corrected chi connectivity index (χ1v) is 7.36. The van der Waals surface area contributed by atoms with Crippen LogP contribution >= 0.6 is 0 Å². The highest BCUT2D eigenvalue weighted by Crippen LogP contribution is 2.28. The predicted molar refractivity (Wildman–Crippen MR) is 79.4 cm³/mol. The number of hydrogen-bond acceptors (Lipinski definition) is 4. The van der Waals surface area contributed by atoms with Gasteiger partial charge in [-0.1, -0.05) is 12.5 Å². The van der Waals surface area contributed by atoms with Crippen molar-refractivity contribution < 1.29 is 19.4 Å². The van der Waals surface area contributed by atoms with E-state index in [0.717, 1.165) is 31.4 Å². The summed E-state index contributed by atoms with van der Waals surface area (Å²) >= 11 is 0. The van der Waals surface area contributed by atoms with Crippen LogP contribution in [0.1, 0.15) is 43.0 Å². The predicted octanol–water partition coefficient (Wildman–Crippen LogP) is 2.92. The number of aromatic carboxylic acids is 1. The molecule has 1 aromatic carbocycles. The number of hydrogen-bond donors (Lipinski definition) is 2. The zero-order valence-electron chi connectivity index (χ0n) is 12.2. The summed E-state index contributed by atoms with van der Waals surface area (Å²) in [6, 6.07) is 6.93. The molecular formula is C16H21NO4. The van der Waals surface area contributed by atoms with Crippen LogP contribution in [0.2, 0.25) is 0 Å². The topological polar surface area (TPSA) is 75.6 Å². The highest BCUT2D eigenvalue weighted by Gasteiger charge is 2.28. The third-order valence-corrected chi connectivity index (χ3v) is 3.77. The summed E-state index contributed by atoms with van der Waals surface area (Å²) in [7, 11) is 0. The van der Waals surface area contributed by atoms with Crippen molar-refractivity contribution in [1.29, 1.82) is 0 Å². The maximum atomic E-state index is 11.8. The lowest BCUT2D eigenvalue weighted by atomic mass is 9.85. The molecule has 1 aliphatic rings. The van der Waals surface area contributed by atoms with E-state index < -0.39 is 5.97 Å². The molecule has 5 nitrogen and oxygen atoms in total. The van der Waals surface area contributed by atoms with E-state index in [1.807, 2.05) is 13.0 Å². The standard InChI is InChI=1S/C16H21NO4/c1-2-21-16(20)12-6-4-8-14(10-12)17-13-7-3-5-11(9-13)15(18)19/h3,5,7,9,12,14,17H,2,4,6,8,10H2,1H3,(H,18,19). The Bertz CT molecular complexity index is 515. The fraction of sp³-hybridized carbons (Fsp3) is 0.500. The number of carboxylic acids is 1. The minimum atomic E-state index is -0.938. The smallest absolute Gasteiger partial charge is 0.335 e. The van der Waals surface area contributed by atoms with Crippen LogP contribution in [0.5, 0.6) is 0 Å². The fourth-order valence-electron chi connectivity index (χ4n) is 2.77. The van der Waals surface area contributed by atoms with E-state index in [1.165, 1.54) is 0 Å². The first-order valence-electron chi connectivity index (χ1n) is 7.36. The van der Waals surface area contributed by atoms with Crippen LogP contribution in [0.15, 0.2) is 24.3 Å². The highest BCUT2D eigenvalue weighted by atomic mass is 16.5. The molecule has 2 rings (SSSR count). The largest absolute Gasteiger partial charge is 0.478 e. The van der Waals surface area contributed by atoms with Gasteiger partial charge in [0.2, 0.25) is 0 Å². The van der Waals surface area contributed by atoms with Crippen LogP contribution in [0.4, 0.5) is 5.69 Å². The number of nitrogens with one attached hydrogen (secondary N) is 1. The number of esters is 1. The van der Waals surface area contributed by atoms with Crippen molar-refractivity contribution in [2.24, 2.45) is 5.92 Å². The van der Waals surface area contributed by atoms with Crippen LogP contribution in [0.3, 0.4) is 0 Å². The molecule has 0 radical (unpaired) electrons. The molecule has 0 amide bonds. The lowest BCUT2D eigenvalue weighted by Crippen LogP contribution is -2.32. The molecule has 0 spiro atoms. The van der Waals surface area contributed by atoms with Gasteiger partial charge >= 0.3 is 11.9 Å². The Kier molecular flexibility index (Phi) is 5.20. The molecular weight excluding hydrogens is 270 g/mol. The van der Waals surface area contributed by atoms with Gasteiger partial charge in [-0.3, -0.25) is 4.79 Å². The molecule has 1 aromatic rings. The maximum absolute atomic E-state index is 11.8. The molecule has 0 aliphatic heterocycles. The van der Waals surface area contributed by atoms with Gasteiger partial charge in [0.1, 0.15) is 0 Å². The third kappa shape index (κ3) is 4.21. The number of ether oxygens (including phenoxy) is 1. The highest BCUT2D eigenvalue weighted by molar-refractivity contribution is 5.88. The molecule has 1 fully saturated rings. The molecule has 1 saturated carbocycles. The average molecular weight is 291 g/mol. The summed E-state index contributed by atoms with van der Waals surface area (Å²) in [6.07, 6.45) is 3.55. The molecule has 2 N–H and O–H groups in total. The van der Waals surface area contributed by atoms with Gasteiger partial charge in [0.15, 0.2) is 0 Å². The number of carboxylic acid groups (broad SMARTS) is 1. The summed E-state index contributed by atoms with van der Waals surface area (Å²) in [4.78, 5) is 22.8. The van der Waals surface area contributed by atoms with Gasteiger partial charge < -0.3 is 15.2 Å². The van der Waals surface area contributed by atoms with E-state index in [4.69, 9.17) is 9.84 Å². The molecule has 0 heterocycles. The van der Waals surface area contributed by atoms with E-state index in [0.29, 0.717) is 6.61 Å². The third-order valence-electron chi connectivity index (χ3n) is 3.77. The van der Waals surface area contributed by atoms with Crippen LogP contribution in [0.25, 0.3) is 0 Å². The second-order valence-electron chi connectivity index (χ2n) is 5.34. The lowest BCUT2D eigenvalue weighted by molar-refractivity contribution is -0.149. The van der Waals surface area contributed by atoms with Gasteiger partial charge in [0.05, 0.1) is 18.1 Å². The number of rotatable bonds is 5.